The molecule has 1 aromatic rings. The normalized spacial score (nSPS) is 8.38. The van der Waals surface area contributed by atoms with E-state index in [1.165, 1.54) is 5.56 Å². The molecule has 0 atom stereocenters. The summed E-state index contributed by atoms with van der Waals surface area (Å²) < 4.78 is 4.18. The number of hydrogen-bond acceptors (Lipinski definition) is 3. The molecule has 0 N–H and O–H groups in total. The number of carbonyl (C=O) groups is 2. The fraction of sp³-hybridized carbons (Fsp3) is 0.231. The molecule has 0 bridgehead atoms. The average molecular weight is 220 g/mol. The van der Waals surface area contributed by atoms with Crippen LogP contribution in [0.1, 0.15) is 19.4 Å². The second-order valence-corrected chi connectivity index (χ2v) is 3.02. The van der Waals surface area contributed by atoms with E-state index in [4.69, 9.17) is 0 Å². The highest BCUT2D eigenvalue weighted by Gasteiger charge is 1.91. The fourth-order valence-electron chi connectivity index (χ4n) is 0.899. The molecule has 0 unspecified atom stereocenters. The molecule has 1 aromatic carbocycles. The van der Waals surface area contributed by atoms with Crippen molar-refractivity contribution in [3.8, 4) is 0 Å². The Bertz CT molecular complexity index is 341. The van der Waals surface area contributed by atoms with Crippen LogP contribution in [0.4, 0.5) is 0 Å². The van der Waals surface area contributed by atoms with Crippen LogP contribution in [0.25, 0.3) is 5.57 Å². The highest BCUT2D eigenvalue weighted by Crippen LogP contribution is 2.08. The summed E-state index contributed by atoms with van der Waals surface area (Å²) in [7, 11) is 0. The van der Waals surface area contributed by atoms with Gasteiger partial charge in [0.2, 0.25) is 6.29 Å². The van der Waals surface area contributed by atoms with E-state index in [1.54, 1.807) is 6.92 Å². The van der Waals surface area contributed by atoms with Crippen LogP contribution in [0, 0.1) is 0 Å². The third-order valence-corrected chi connectivity index (χ3v) is 1.65. The number of allylic oxidation sites excluding steroid dienone is 1. The van der Waals surface area contributed by atoms with Crippen molar-refractivity contribution < 1.29 is 14.3 Å². The molecule has 0 heterocycles. The summed E-state index contributed by atoms with van der Waals surface area (Å²) in [5.74, 6) is -0.803. The standard InChI is InChI=1S/C9H10.C4H6O3/c1-8(2)9-6-4-3-5-7-9;1-2-7-4(6)3-5/h3-7H,1H2,2H3;3H,2H2,1H3. The van der Waals surface area contributed by atoms with Gasteiger partial charge >= 0.3 is 5.97 Å². The maximum absolute atomic E-state index is 9.82. The molecule has 3 nitrogen and oxygen atoms in total. The maximum atomic E-state index is 9.82. The molecule has 0 radical (unpaired) electrons. The first-order valence-corrected chi connectivity index (χ1v) is 4.94. The lowest BCUT2D eigenvalue weighted by atomic mass is 10.1. The highest BCUT2D eigenvalue weighted by atomic mass is 16.5. The topological polar surface area (TPSA) is 43.4 Å². The van der Waals surface area contributed by atoms with Crippen LogP contribution < -0.4 is 0 Å². The van der Waals surface area contributed by atoms with Crippen LogP contribution in [-0.2, 0) is 14.3 Å². The Balaban J connectivity index is 0.000000293. The van der Waals surface area contributed by atoms with Crippen molar-refractivity contribution in [2.75, 3.05) is 6.61 Å². The number of carbonyl (C=O) groups excluding carboxylic acids is 2. The molecule has 0 aliphatic carbocycles. The molecule has 0 saturated heterocycles. The second-order valence-electron chi connectivity index (χ2n) is 3.02. The highest BCUT2D eigenvalue weighted by molar-refractivity contribution is 6.20. The molecular weight excluding hydrogens is 204 g/mol. The van der Waals surface area contributed by atoms with Gasteiger partial charge in [-0.2, -0.15) is 0 Å². The third-order valence-electron chi connectivity index (χ3n) is 1.65. The van der Waals surface area contributed by atoms with Crippen LogP contribution in [0.5, 0.6) is 0 Å². The van der Waals surface area contributed by atoms with E-state index in [-0.39, 0.29) is 12.9 Å². The maximum Gasteiger partial charge on any atom is 0.371 e. The van der Waals surface area contributed by atoms with Gasteiger partial charge < -0.3 is 4.74 Å². The molecule has 0 amide bonds. The van der Waals surface area contributed by atoms with Gasteiger partial charge in [0.15, 0.2) is 0 Å². The van der Waals surface area contributed by atoms with Crippen molar-refractivity contribution in [3.05, 3.63) is 42.5 Å². The molecule has 1 rings (SSSR count). The summed E-state index contributed by atoms with van der Waals surface area (Å²) in [6, 6.07) is 10.2. The number of rotatable bonds is 3. The van der Waals surface area contributed by atoms with E-state index in [0.717, 1.165) is 5.57 Å². The van der Waals surface area contributed by atoms with Gasteiger partial charge in [-0.3, -0.25) is 4.79 Å². The molecular formula is C13H16O3. The van der Waals surface area contributed by atoms with E-state index in [1.807, 2.05) is 25.1 Å². The van der Waals surface area contributed by atoms with Crippen LogP contribution in [-0.4, -0.2) is 18.9 Å². The van der Waals surface area contributed by atoms with E-state index < -0.39 is 5.97 Å². The Morgan fingerprint density at radius 3 is 2.19 bits per heavy atom. The summed E-state index contributed by atoms with van der Waals surface area (Å²) in [5, 5.41) is 0. The lowest BCUT2D eigenvalue weighted by Gasteiger charge is -1.94. The largest absolute Gasteiger partial charge is 0.460 e. The van der Waals surface area contributed by atoms with Crippen molar-refractivity contribution in [1.29, 1.82) is 0 Å². The van der Waals surface area contributed by atoms with E-state index >= 15 is 0 Å². The van der Waals surface area contributed by atoms with Crippen LogP contribution in [0.2, 0.25) is 0 Å². The van der Waals surface area contributed by atoms with Gasteiger partial charge in [-0.25, -0.2) is 4.79 Å². The SMILES string of the molecule is C=C(C)c1ccccc1.CCOC(=O)C=O. The molecule has 0 aliphatic heterocycles. The zero-order valence-corrected chi connectivity index (χ0v) is 9.60. The van der Waals surface area contributed by atoms with Gasteiger partial charge in [0.05, 0.1) is 6.61 Å². The van der Waals surface area contributed by atoms with Crippen LogP contribution in [0.15, 0.2) is 36.9 Å². The van der Waals surface area contributed by atoms with Crippen molar-refractivity contribution >= 4 is 17.8 Å². The molecule has 16 heavy (non-hydrogen) atoms. The van der Waals surface area contributed by atoms with Gasteiger partial charge in [-0.05, 0) is 19.4 Å². The van der Waals surface area contributed by atoms with Crippen LogP contribution in [0.3, 0.4) is 0 Å². The van der Waals surface area contributed by atoms with Crippen molar-refractivity contribution in [3.63, 3.8) is 0 Å². The van der Waals surface area contributed by atoms with Gasteiger partial charge in [0.1, 0.15) is 0 Å². The number of hydrogen-bond donors (Lipinski definition) is 0. The third kappa shape index (κ3) is 6.54. The van der Waals surface area contributed by atoms with E-state index in [0.29, 0.717) is 0 Å². The van der Waals surface area contributed by atoms with Crippen molar-refractivity contribution in [1.82, 2.24) is 0 Å². The minimum Gasteiger partial charge on any atom is -0.460 e. The summed E-state index contributed by atoms with van der Waals surface area (Å²) in [6.45, 7) is 7.74. The lowest BCUT2D eigenvalue weighted by Crippen LogP contribution is -2.03. The summed E-state index contributed by atoms with van der Waals surface area (Å²) in [4.78, 5) is 19.2. The van der Waals surface area contributed by atoms with Crippen molar-refractivity contribution in [2.45, 2.75) is 13.8 Å². The lowest BCUT2D eigenvalue weighted by molar-refractivity contribution is -0.148. The Kier molecular flexibility index (Phi) is 7.41. The minimum atomic E-state index is -0.803. The molecule has 0 aromatic heterocycles. The first-order valence-electron chi connectivity index (χ1n) is 4.94. The fourth-order valence-corrected chi connectivity index (χ4v) is 0.899. The second kappa shape index (κ2) is 8.41. The number of aldehydes is 1. The summed E-state index contributed by atoms with van der Waals surface area (Å²) in [5.41, 5.74) is 2.34. The Hall–Kier alpha value is -1.90. The first-order chi connectivity index (χ1) is 7.61. The average Bonchev–Trinajstić information content (AvgIpc) is 2.31. The van der Waals surface area contributed by atoms with Gasteiger partial charge in [-0.15, -0.1) is 0 Å². The van der Waals surface area contributed by atoms with Gasteiger partial charge in [-0.1, -0.05) is 42.5 Å². The molecule has 86 valence electrons. The molecule has 0 fully saturated rings. The molecule has 0 saturated carbocycles. The Morgan fingerprint density at radius 2 is 1.94 bits per heavy atom. The zero-order chi connectivity index (χ0) is 12.4. The molecule has 0 aliphatic rings. The smallest absolute Gasteiger partial charge is 0.371 e. The van der Waals surface area contributed by atoms with Crippen LogP contribution >= 0.6 is 0 Å². The Morgan fingerprint density at radius 1 is 1.38 bits per heavy atom. The van der Waals surface area contributed by atoms with Gasteiger partial charge in [0, 0.05) is 0 Å². The summed E-state index contributed by atoms with van der Waals surface area (Å²) in [6.07, 6.45) is 0.142. The Labute approximate surface area is 95.7 Å². The number of esters is 1. The van der Waals surface area contributed by atoms with E-state index in [2.05, 4.69) is 23.4 Å². The van der Waals surface area contributed by atoms with Gasteiger partial charge in [0.25, 0.3) is 0 Å². The minimum absolute atomic E-state index is 0.142. The quantitative estimate of drug-likeness (QED) is 0.446. The predicted molar refractivity (Wildman–Crippen MR) is 63.8 cm³/mol. The monoisotopic (exact) mass is 220 g/mol. The van der Waals surface area contributed by atoms with E-state index in [9.17, 15) is 9.59 Å². The molecule has 0 spiro atoms. The molecule has 3 heteroatoms. The predicted octanol–water partition coefficient (Wildman–Crippen LogP) is 2.47. The number of benzene rings is 1. The number of ether oxygens (including phenoxy) is 1. The zero-order valence-electron chi connectivity index (χ0n) is 9.60. The first kappa shape index (κ1) is 14.1. The van der Waals surface area contributed by atoms with Crippen molar-refractivity contribution in [2.24, 2.45) is 0 Å². The summed E-state index contributed by atoms with van der Waals surface area (Å²) >= 11 is 0.